The average Bonchev–Trinajstić information content (AvgIpc) is 3.16. The molecule has 1 N–H and O–H groups in total. The summed E-state index contributed by atoms with van der Waals surface area (Å²) in [4.78, 5) is 24.6. The standard InChI is InChI=1S/C50H52O4/c1-6-8-10-12-14-32-16-21-39(34(26-32)15-13-11-9-7-2)40-23-25-42-41-24-22-38(33-17-19-36(20-18-33)50(3,4)5)43-27-35(49(52)53)28-44(47(41)43)46-30-37(54-31-51)29-45(40)48(42)46/h16-31H,6-15H2,1-5H3,(H,52,53). The number of benzene rings is 7. The molecule has 0 heterocycles. The summed E-state index contributed by atoms with van der Waals surface area (Å²) >= 11 is 0. The van der Waals surface area contributed by atoms with Crippen molar-refractivity contribution in [2.75, 3.05) is 0 Å². The molecular weight excluding hydrogens is 665 g/mol. The molecule has 0 unspecified atom stereocenters. The molecule has 7 aromatic carbocycles. The van der Waals surface area contributed by atoms with Crippen LogP contribution in [-0.4, -0.2) is 17.5 Å². The second-order valence-corrected chi connectivity index (χ2v) is 16.1. The molecule has 0 bridgehead atoms. The zero-order valence-corrected chi connectivity index (χ0v) is 32.5. The fourth-order valence-corrected chi connectivity index (χ4v) is 8.47. The highest BCUT2D eigenvalue weighted by molar-refractivity contribution is 6.36. The van der Waals surface area contributed by atoms with Gasteiger partial charge in [0.25, 0.3) is 6.47 Å². The van der Waals surface area contributed by atoms with Crippen LogP contribution in [0.4, 0.5) is 0 Å². The van der Waals surface area contributed by atoms with E-state index in [0.717, 1.165) is 79.0 Å². The molecule has 0 saturated heterocycles. The Morgan fingerprint density at radius 3 is 1.81 bits per heavy atom. The summed E-state index contributed by atoms with van der Waals surface area (Å²) in [5, 5.41) is 18.2. The fraction of sp³-hybridized carbons (Fsp3) is 0.320. The van der Waals surface area contributed by atoms with Crippen LogP contribution in [0.3, 0.4) is 0 Å². The summed E-state index contributed by atoms with van der Waals surface area (Å²) < 4.78 is 5.61. The number of carbonyl (C=O) groups excluding carboxylic acids is 1. The smallest absolute Gasteiger partial charge is 0.335 e. The molecule has 54 heavy (non-hydrogen) atoms. The molecule has 276 valence electrons. The van der Waals surface area contributed by atoms with Gasteiger partial charge in [-0.3, -0.25) is 4.79 Å². The number of fused-ring (bicyclic) bond motifs is 2. The Hall–Kier alpha value is -5.22. The summed E-state index contributed by atoms with van der Waals surface area (Å²) in [5.41, 5.74) is 8.54. The lowest BCUT2D eigenvalue weighted by atomic mass is 9.83. The topological polar surface area (TPSA) is 63.6 Å². The van der Waals surface area contributed by atoms with Gasteiger partial charge < -0.3 is 9.84 Å². The van der Waals surface area contributed by atoms with E-state index in [2.05, 4.69) is 101 Å². The van der Waals surface area contributed by atoms with Crippen molar-refractivity contribution in [3.05, 3.63) is 113 Å². The lowest BCUT2D eigenvalue weighted by molar-refractivity contribution is -0.120. The van der Waals surface area contributed by atoms with Crippen molar-refractivity contribution in [3.63, 3.8) is 0 Å². The highest BCUT2D eigenvalue weighted by Crippen LogP contribution is 2.47. The van der Waals surface area contributed by atoms with Gasteiger partial charge in [0.05, 0.1) is 5.56 Å². The van der Waals surface area contributed by atoms with E-state index >= 15 is 0 Å². The largest absolute Gasteiger partial charge is 0.478 e. The summed E-state index contributed by atoms with van der Waals surface area (Å²) in [6, 6.07) is 31.9. The van der Waals surface area contributed by atoms with Gasteiger partial charge in [0.15, 0.2) is 0 Å². The van der Waals surface area contributed by atoms with E-state index in [1.807, 2.05) is 18.2 Å². The molecule has 0 fully saturated rings. The maximum absolute atomic E-state index is 12.7. The van der Waals surface area contributed by atoms with Crippen LogP contribution >= 0.6 is 0 Å². The van der Waals surface area contributed by atoms with Crippen molar-refractivity contribution in [2.45, 2.75) is 104 Å². The minimum atomic E-state index is -0.980. The minimum Gasteiger partial charge on any atom is -0.478 e. The highest BCUT2D eigenvalue weighted by Gasteiger charge is 2.22. The molecule has 0 saturated carbocycles. The molecule has 7 aromatic rings. The summed E-state index contributed by atoms with van der Waals surface area (Å²) in [7, 11) is 0. The second-order valence-electron chi connectivity index (χ2n) is 16.1. The van der Waals surface area contributed by atoms with Gasteiger partial charge in [0, 0.05) is 0 Å². The number of aromatic carboxylic acids is 1. The molecule has 0 aliphatic heterocycles. The Bertz CT molecular complexity index is 2460. The van der Waals surface area contributed by atoms with Crippen LogP contribution in [0.1, 0.15) is 113 Å². The van der Waals surface area contributed by atoms with E-state index in [9.17, 15) is 14.7 Å². The molecule has 4 nitrogen and oxygen atoms in total. The number of hydrogen-bond acceptors (Lipinski definition) is 3. The zero-order chi connectivity index (χ0) is 38.0. The van der Waals surface area contributed by atoms with Gasteiger partial charge in [0.1, 0.15) is 5.75 Å². The van der Waals surface area contributed by atoms with Crippen molar-refractivity contribution >= 4 is 55.5 Å². The highest BCUT2D eigenvalue weighted by atomic mass is 16.5. The number of rotatable bonds is 15. The number of hydrogen-bond donors (Lipinski definition) is 1. The van der Waals surface area contributed by atoms with Gasteiger partial charge in [-0.15, -0.1) is 0 Å². The third kappa shape index (κ3) is 7.19. The molecule has 4 heteroatoms. The number of carboxylic acids is 1. The quantitative estimate of drug-likeness (QED) is 0.0496. The van der Waals surface area contributed by atoms with Crippen LogP contribution in [-0.2, 0) is 23.1 Å². The van der Waals surface area contributed by atoms with Crippen LogP contribution in [0.15, 0.2) is 91.0 Å². The van der Waals surface area contributed by atoms with Crippen LogP contribution < -0.4 is 4.74 Å². The molecule has 0 aliphatic rings. The van der Waals surface area contributed by atoms with Gasteiger partial charge in [0.2, 0.25) is 0 Å². The lowest BCUT2D eigenvalue weighted by Gasteiger charge is -2.21. The molecule has 0 aromatic heterocycles. The third-order valence-electron chi connectivity index (χ3n) is 11.4. The number of aryl methyl sites for hydroxylation is 2. The van der Waals surface area contributed by atoms with Crippen LogP contribution in [0.5, 0.6) is 5.75 Å². The molecule has 0 aliphatic carbocycles. The first kappa shape index (κ1) is 37.1. The van der Waals surface area contributed by atoms with Crippen LogP contribution in [0.2, 0.25) is 0 Å². The van der Waals surface area contributed by atoms with E-state index in [-0.39, 0.29) is 11.0 Å². The Balaban J connectivity index is 1.49. The number of carbonyl (C=O) groups is 2. The maximum Gasteiger partial charge on any atom is 0.335 e. The summed E-state index contributed by atoms with van der Waals surface area (Å²) in [6.07, 6.45) is 11.8. The van der Waals surface area contributed by atoms with E-state index in [1.165, 1.54) is 67.2 Å². The van der Waals surface area contributed by atoms with E-state index in [0.29, 0.717) is 12.2 Å². The molecular formula is C50H52O4. The van der Waals surface area contributed by atoms with Gasteiger partial charge in [-0.2, -0.15) is 0 Å². The van der Waals surface area contributed by atoms with E-state index in [4.69, 9.17) is 4.74 Å². The first-order chi connectivity index (χ1) is 26.1. The predicted octanol–water partition coefficient (Wildman–Crippen LogP) is 13.8. The SMILES string of the molecule is CCCCCCc1ccc(-c2ccc3c4ccc(-c5ccc(C(C)(C)C)cc5)c5cc(C(=O)O)cc(c6cc(OC=O)cc2c36)c54)c(CCCCCC)c1. The van der Waals surface area contributed by atoms with Crippen molar-refractivity contribution in [2.24, 2.45) is 0 Å². The Morgan fingerprint density at radius 1 is 0.611 bits per heavy atom. The van der Waals surface area contributed by atoms with Crippen LogP contribution in [0, 0.1) is 0 Å². The molecule has 7 rings (SSSR count). The predicted molar refractivity (Wildman–Crippen MR) is 227 cm³/mol. The number of ether oxygens (including phenoxy) is 1. The fourth-order valence-electron chi connectivity index (χ4n) is 8.47. The Labute approximate surface area is 319 Å². The molecule has 0 radical (unpaired) electrons. The summed E-state index contributed by atoms with van der Waals surface area (Å²) in [5.74, 6) is -0.541. The van der Waals surface area contributed by atoms with Crippen LogP contribution in [0.25, 0.3) is 65.3 Å². The molecule has 0 spiro atoms. The number of unbranched alkanes of at least 4 members (excludes halogenated alkanes) is 6. The lowest BCUT2D eigenvalue weighted by Crippen LogP contribution is -2.10. The second kappa shape index (κ2) is 15.6. The molecule has 0 atom stereocenters. The number of carboxylic acid groups (broad SMARTS) is 1. The Morgan fingerprint density at radius 2 is 1.19 bits per heavy atom. The monoisotopic (exact) mass is 716 g/mol. The zero-order valence-electron chi connectivity index (χ0n) is 32.5. The minimum absolute atomic E-state index is 0.0174. The molecule has 0 amide bonds. The van der Waals surface area contributed by atoms with Crippen molar-refractivity contribution < 1.29 is 19.4 Å². The van der Waals surface area contributed by atoms with E-state index < -0.39 is 5.97 Å². The average molecular weight is 717 g/mol. The van der Waals surface area contributed by atoms with Gasteiger partial charge in [-0.05, 0) is 137 Å². The Kier molecular flexibility index (Phi) is 10.7. The van der Waals surface area contributed by atoms with Gasteiger partial charge >= 0.3 is 5.97 Å². The van der Waals surface area contributed by atoms with Crippen molar-refractivity contribution in [1.82, 2.24) is 0 Å². The summed E-state index contributed by atoms with van der Waals surface area (Å²) in [6.45, 7) is 11.6. The normalized spacial score (nSPS) is 12.0. The first-order valence-electron chi connectivity index (χ1n) is 19.9. The van der Waals surface area contributed by atoms with Gasteiger partial charge in [-0.25, -0.2) is 4.79 Å². The third-order valence-corrected chi connectivity index (χ3v) is 11.4. The van der Waals surface area contributed by atoms with Crippen molar-refractivity contribution in [1.29, 1.82) is 0 Å². The maximum atomic E-state index is 12.7. The van der Waals surface area contributed by atoms with Gasteiger partial charge in [-0.1, -0.05) is 140 Å². The first-order valence-corrected chi connectivity index (χ1v) is 19.9. The van der Waals surface area contributed by atoms with Crippen molar-refractivity contribution in [3.8, 4) is 28.0 Å². The van der Waals surface area contributed by atoms with E-state index in [1.54, 1.807) is 6.07 Å².